The highest BCUT2D eigenvalue weighted by atomic mass is 32.2. The van der Waals surface area contributed by atoms with Gasteiger partial charge in [-0.15, -0.1) is 0 Å². The van der Waals surface area contributed by atoms with E-state index in [1.807, 2.05) is 6.07 Å². The lowest BCUT2D eigenvalue weighted by Gasteiger charge is -2.28. The topological polar surface area (TPSA) is 85.4 Å². The number of hydrogen-bond acceptors (Lipinski definition) is 5. The molecule has 2 aliphatic carbocycles. The summed E-state index contributed by atoms with van der Waals surface area (Å²) in [7, 11) is -2.46. The van der Waals surface area contributed by atoms with Crippen LogP contribution in [0.25, 0.3) is 10.9 Å². The minimum Gasteiger partial charge on any atom is -0.496 e. The van der Waals surface area contributed by atoms with E-state index in [0.717, 1.165) is 17.5 Å². The van der Waals surface area contributed by atoms with Crippen LogP contribution in [0.3, 0.4) is 0 Å². The monoisotopic (exact) mass is 436 g/mol. The average Bonchev–Trinajstić information content (AvgIpc) is 3.18. The maximum Gasteiger partial charge on any atom is 0.264 e. The molecule has 6 nitrogen and oxygen atoms in total. The fourth-order valence-electron chi connectivity index (χ4n) is 4.86. The van der Waals surface area contributed by atoms with Crippen LogP contribution in [0, 0.1) is 0 Å². The first-order valence-electron chi connectivity index (χ1n) is 10.6. The summed E-state index contributed by atoms with van der Waals surface area (Å²) >= 11 is 0. The number of benzene rings is 2. The van der Waals surface area contributed by atoms with Gasteiger partial charge in [-0.2, -0.15) is 0 Å². The van der Waals surface area contributed by atoms with E-state index < -0.39 is 21.8 Å². The van der Waals surface area contributed by atoms with Crippen LogP contribution in [0.1, 0.15) is 54.2 Å². The number of nitrogens with zero attached hydrogens (tertiary/aromatic N) is 1. The number of nitrogens with one attached hydrogen (secondary N) is 1. The van der Waals surface area contributed by atoms with Crippen LogP contribution in [-0.4, -0.2) is 26.4 Å². The highest BCUT2D eigenvalue weighted by molar-refractivity contribution is 7.90. The zero-order valence-electron chi connectivity index (χ0n) is 17.3. The van der Waals surface area contributed by atoms with Crippen molar-refractivity contribution in [3.8, 4) is 5.75 Å². The summed E-state index contributed by atoms with van der Waals surface area (Å²) < 4.78 is 34.1. The molecule has 5 rings (SSSR count). The molecule has 0 bridgehead atoms. The summed E-state index contributed by atoms with van der Waals surface area (Å²) in [6.45, 7) is 0. The normalized spacial score (nSPS) is 18.4. The van der Waals surface area contributed by atoms with Crippen LogP contribution in [0.5, 0.6) is 5.75 Å². The first-order chi connectivity index (χ1) is 15.0. The molecule has 1 fully saturated rings. The molecule has 1 aromatic heterocycles. The van der Waals surface area contributed by atoms with E-state index in [9.17, 15) is 13.2 Å². The highest BCUT2D eigenvalue weighted by Gasteiger charge is 2.37. The zero-order valence-corrected chi connectivity index (χ0v) is 18.1. The Morgan fingerprint density at radius 3 is 2.68 bits per heavy atom. The summed E-state index contributed by atoms with van der Waals surface area (Å²) in [6, 6.07) is 12.3. The standard InChI is InChI=1S/C24H24N2O4S/c1-30-21-13-12-16(15-5-2-6-15)17-10-11-19(23(17)21)24(27)26-31(28,29)22-9-3-8-20-18(22)7-4-14-25-20/h3-4,7-9,12-15,19H,2,5-6,10-11H2,1H3,(H,26,27). The molecule has 1 atom stereocenters. The number of amides is 1. The number of ether oxygens (including phenoxy) is 1. The molecule has 2 aliphatic rings. The number of sulfonamides is 1. The number of rotatable bonds is 5. The van der Waals surface area contributed by atoms with Crippen molar-refractivity contribution in [3.63, 3.8) is 0 Å². The van der Waals surface area contributed by atoms with Gasteiger partial charge in [-0.25, -0.2) is 13.1 Å². The van der Waals surface area contributed by atoms with Crippen LogP contribution < -0.4 is 9.46 Å². The number of hydrogen-bond donors (Lipinski definition) is 1. The summed E-state index contributed by atoms with van der Waals surface area (Å²) in [6.07, 6.45) is 6.51. The highest BCUT2D eigenvalue weighted by Crippen LogP contribution is 2.47. The molecule has 1 heterocycles. The second kappa shape index (κ2) is 7.64. The Kier molecular flexibility index (Phi) is 4.93. The van der Waals surface area contributed by atoms with Gasteiger partial charge in [0.2, 0.25) is 5.91 Å². The van der Waals surface area contributed by atoms with Gasteiger partial charge in [0.25, 0.3) is 10.0 Å². The smallest absolute Gasteiger partial charge is 0.264 e. The number of pyridine rings is 1. The number of aromatic nitrogens is 1. The Balaban J connectivity index is 1.49. The van der Waals surface area contributed by atoms with Gasteiger partial charge in [-0.3, -0.25) is 9.78 Å². The Morgan fingerprint density at radius 1 is 1.10 bits per heavy atom. The molecule has 0 saturated heterocycles. The molecule has 0 spiro atoms. The molecule has 0 aliphatic heterocycles. The first-order valence-corrected chi connectivity index (χ1v) is 12.1. The van der Waals surface area contributed by atoms with E-state index in [-0.39, 0.29) is 4.90 Å². The number of carbonyl (C=O) groups excluding carboxylic acids is 1. The Labute approximate surface area is 181 Å². The molecule has 31 heavy (non-hydrogen) atoms. The lowest BCUT2D eigenvalue weighted by Crippen LogP contribution is -2.34. The lowest BCUT2D eigenvalue weighted by atomic mass is 9.77. The second-order valence-electron chi connectivity index (χ2n) is 8.26. The van der Waals surface area contributed by atoms with Crippen LogP contribution in [0.15, 0.2) is 53.6 Å². The van der Waals surface area contributed by atoms with Crippen molar-refractivity contribution in [2.24, 2.45) is 0 Å². The van der Waals surface area contributed by atoms with Crippen molar-refractivity contribution < 1.29 is 17.9 Å². The molecule has 1 N–H and O–H groups in total. The summed E-state index contributed by atoms with van der Waals surface area (Å²) in [4.78, 5) is 17.5. The largest absolute Gasteiger partial charge is 0.496 e. The first kappa shape index (κ1) is 20.0. The van der Waals surface area contributed by atoms with E-state index in [1.165, 1.54) is 30.9 Å². The Hall–Kier alpha value is -2.93. The van der Waals surface area contributed by atoms with E-state index >= 15 is 0 Å². The fourth-order valence-corrected chi connectivity index (χ4v) is 6.10. The molecule has 7 heteroatoms. The quantitative estimate of drug-likeness (QED) is 0.652. The summed E-state index contributed by atoms with van der Waals surface area (Å²) in [5.74, 6) is 0.132. The third-order valence-corrected chi connectivity index (χ3v) is 8.00. The molecule has 2 aromatic carbocycles. The predicted octanol–water partition coefficient (Wildman–Crippen LogP) is 4.05. The van der Waals surface area contributed by atoms with Crippen molar-refractivity contribution in [2.75, 3.05) is 7.11 Å². The average molecular weight is 437 g/mol. The van der Waals surface area contributed by atoms with Crippen LogP contribution >= 0.6 is 0 Å². The molecule has 3 aromatic rings. The maximum absolute atomic E-state index is 13.2. The van der Waals surface area contributed by atoms with Gasteiger partial charge >= 0.3 is 0 Å². The van der Waals surface area contributed by atoms with Crippen molar-refractivity contribution in [1.82, 2.24) is 9.71 Å². The third kappa shape index (κ3) is 3.37. The van der Waals surface area contributed by atoms with Crippen molar-refractivity contribution in [2.45, 2.75) is 48.8 Å². The Bertz CT molecular complexity index is 1280. The van der Waals surface area contributed by atoms with Crippen molar-refractivity contribution >= 4 is 26.8 Å². The number of methoxy groups -OCH3 is 1. The van der Waals surface area contributed by atoms with Crippen LogP contribution in [-0.2, 0) is 21.2 Å². The lowest BCUT2D eigenvalue weighted by molar-refractivity contribution is -0.120. The van der Waals surface area contributed by atoms with E-state index in [2.05, 4.69) is 15.8 Å². The maximum atomic E-state index is 13.2. The van der Waals surface area contributed by atoms with Gasteiger partial charge in [0.15, 0.2) is 0 Å². The number of carbonyl (C=O) groups is 1. The minimum absolute atomic E-state index is 0.0554. The molecule has 1 amide bonds. The van der Waals surface area contributed by atoms with Gasteiger partial charge in [0.1, 0.15) is 5.75 Å². The van der Waals surface area contributed by atoms with Gasteiger partial charge < -0.3 is 4.74 Å². The molecule has 1 unspecified atom stereocenters. The predicted molar refractivity (Wildman–Crippen MR) is 118 cm³/mol. The zero-order chi connectivity index (χ0) is 21.6. The molecular weight excluding hydrogens is 412 g/mol. The van der Waals surface area contributed by atoms with Gasteiger partial charge in [-0.05, 0) is 73.1 Å². The fraction of sp³-hybridized carbons (Fsp3) is 0.333. The second-order valence-corrected chi connectivity index (χ2v) is 9.92. The van der Waals surface area contributed by atoms with Crippen LogP contribution in [0.2, 0.25) is 0 Å². The minimum atomic E-state index is -4.05. The van der Waals surface area contributed by atoms with Gasteiger partial charge in [-0.1, -0.05) is 18.6 Å². The molecule has 160 valence electrons. The van der Waals surface area contributed by atoms with E-state index in [4.69, 9.17) is 4.74 Å². The summed E-state index contributed by atoms with van der Waals surface area (Å²) in [5, 5.41) is 0.488. The van der Waals surface area contributed by atoms with Crippen molar-refractivity contribution in [3.05, 3.63) is 65.4 Å². The Morgan fingerprint density at radius 2 is 1.94 bits per heavy atom. The van der Waals surface area contributed by atoms with Crippen molar-refractivity contribution in [1.29, 1.82) is 0 Å². The van der Waals surface area contributed by atoms with Gasteiger partial charge in [0.05, 0.1) is 23.4 Å². The van der Waals surface area contributed by atoms with E-state index in [1.54, 1.807) is 37.6 Å². The summed E-state index contributed by atoms with van der Waals surface area (Å²) in [5.41, 5.74) is 3.87. The molecule has 0 radical (unpaired) electrons. The van der Waals surface area contributed by atoms with Crippen LogP contribution in [0.4, 0.5) is 0 Å². The van der Waals surface area contributed by atoms with Gasteiger partial charge in [0, 0.05) is 17.1 Å². The molecular formula is C24H24N2O4S. The molecule has 1 saturated carbocycles. The SMILES string of the molecule is COc1ccc(C2CCC2)c2c1C(C(=O)NS(=O)(=O)c1cccc3ncccc13)CC2. The van der Waals surface area contributed by atoms with E-state index in [0.29, 0.717) is 29.0 Å². The number of fused-ring (bicyclic) bond motifs is 2. The third-order valence-electron chi connectivity index (χ3n) is 6.60.